The Morgan fingerprint density at radius 2 is 2.00 bits per heavy atom. The van der Waals surface area contributed by atoms with E-state index in [-0.39, 0.29) is 17.9 Å². The maximum absolute atomic E-state index is 12.6. The van der Waals surface area contributed by atoms with Gasteiger partial charge in [-0.3, -0.25) is 4.79 Å². The number of piperidine rings is 1. The molecule has 1 N–H and O–H groups in total. The zero-order valence-electron chi connectivity index (χ0n) is 13.5. The van der Waals surface area contributed by atoms with Gasteiger partial charge in [0.15, 0.2) is 0 Å². The first-order chi connectivity index (χ1) is 11.3. The van der Waals surface area contributed by atoms with Crippen molar-refractivity contribution in [3.05, 3.63) is 28.8 Å². The second kappa shape index (κ2) is 7.23. The summed E-state index contributed by atoms with van der Waals surface area (Å²) in [6.45, 7) is 0.833. The van der Waals surface area contributed by atoms with Crippen molar-refractivity contribution >= 4 is 39.3 Å². The molecule has 8 heteroatoms. The van der Waals surface area contributed by atoms with E-state index in [9.17, 15) is 13.2 Å². The van der Waals surface area contributed by atoms with E-state index in [1.54, 1.807) is 11.8 Å². The molecule has 1 unspecified atom stereocenters. The minimum absolute atomic E-state index is 0.0135. The standard InChI is InChI=1S/C16H21ClN2O3S2/c1-24(21,22)19-7-4-11(5-8-19)16(20)18-14-6-9-23-15-3-2-12(17)10-13(14)15/h2-3,10-11,14H,4-9H2,1H3,(H,18,20). The Labute approximate surface area is 152 Å². The molecule has 2 heterocycles. The van der Waals surface area contributed by atoms with Crippen LogP contribution < -0.4 is 5.32 Å². The van der Waals surface area contributed by atoms with Gasteiger partial charge in [0.1, 0.15) is 0 Å². The van der Waals surface area contributed by atoms with E-state index in [4.69, 9.17) is 11.6 Å². The molecule has 5 nitrogen and oxygen atoms in total. The molecule has 1 atom stereocenters. The molecule has 0 saturated carbocycles. The van der Waals surface area contributed by atoms with Gasteiger partial charge in [-0.05, 0) is 43.0 Å². The Bertz CT molecular complexity index is 731. The first-order valence-electron chi connectivity index (χ1n) is 8.02. The van der Waals surface area contributed by atoms with E-state index in [2.05, 4.69) is 5.32 Å². The Kier molecular flexibility index (Phi) is 5.44. The molecular weight excluding hydrogens is 368 g/mol. The zero-order valence-corrected chi connectivity index (χ0v) is 15.9. The number of halogens is 1. The van der Waals surface area contributed by atoms with E-state index in [1.165, 1.54) is 15.5 Å². The molecule has 1 saturated heterocycles. The van der Waals surface area contributed by atoms with Crippen LogP contribution in [0.2, 0.25) is 5.02 Å². The Hall–Kier alpha value is -0.760. The van der Waals surface area contributed by atoms with E-state index in [1.807, 2.05) is 18.2 Å². The number of benzene rings is 1. The van der Waals surface area contributed by atoms with E-state index in [0.29, 0.717) is 31.0 Å². The molecule has 0 aromatic heterocycles. The normalized spacial score (nSPS) is 22.8. The molecule has 2 aliphatic rings. The topological polar surface area (TPSA) is 66.5 Å². The molecule has 1 amide bonds. The van der Waals surface area contributed by atoms with Gasteiger partial charge in [0.05, 0.1) is 12.3 Å². The molecule has 1 aromatic rings. The first kappa shape index (κ1) is 18.0. The van der Waals surface area contributed by atoms with Gasteiger partial charge in [-0.15, -0.1) is 11.8 Å². The predicted octanol–water partition coefficient (Wildman–Crippen LogP) is 2.66. The molecule has 0 bridgehead atoms. The summed E-state index contributed by atoms with van der Waals surface area (Å²) in [5.74, 6) is 0.859. The van der Waals surface area contributed by atoms with E-state index in [0.717, 1.165) is 17.7 Å². The fraction of sp³-hybridized carbons (Fsp3) is 0.562. The summed E-state index contributed by atoms with van der Waals surface area (Å²) in [4.78, 5) is 13.8. The van der Waals surface area contributed by atoms with Crippen molar-refractivity contribution in [2.24, 2.45) is 5.92 Å². The van der Waals surface area contributed by atoms with E-state index >= 15 is 0 Å². The Morgan fingerprint density at radius 1 is 1.29 bits per heavy atom. The van der Waals surface area contributed by atoms with Gasteiger partial charge in [0.25, 0.3) is 0 Å². The SMILES string of the molecule is CS(=O)(=O)N1CCC(C(=O)NC2CCSc3ccc(Cl)cc32)CC1. The number of fused-ring (bicyclic) bond motifs is 1. The van der Waals surface area contributed by atoms with Gasteiger partial charge in [-0.1, -0.05) is 11.6 Å². The highest BCUT2D eigenvalue weighted by Gasteiger charge is 2.31. The molecular formula is C16H21ClN2O3S2. The van der Waals surface area contributed by atoms with Crippen LogP contribution in [0.4, 0.5) is 0 Å². The summed E-state index contributed by atoms with van der Waals surface area (Å²) in [6.07, 6.45) is 3.24. The van der Waals surface area contributed by atoms with Crippen molar-refractivity contribution < 1.29 is 13.2 Å². The number of carbonyl (C=O) groups excluding carboxylic acids is 1. The third kappa shape index (κ3) is 4.07. The molecule has 0 aliphatic carbocycles. The van der Waals surface area contributed by atoms with Gasteiger partial charge >= 0.3 is 0 Å². The van der Waals surface area contributed by atoms with Gasteiger partial charge in [-0.2, -0.15) is 0 Å². The molecule has 1 fully saturated rings. The first-order valence-corrected chi connectivity index (χ1v) is 11.2. The maximum atomic E-state index is 12.6. The van der Waals surface area contributed by atoms with Crippen LogP contribution in [0, 0.1) is 5.92 Å². The summed E-state index contributed by atoms with van der Waals surface area (Å²) in [5.41, 5.74) is 1.08. The molecule has 1 aromatic carbocycles. The number of rotatable bonds is 3. The number of hydrogen-bond acceptors (Lipinski definition) is 4. The minimum atomic E-state index is -3.16. The van der Waals surface area contributed by atoms with Crippen LogP contribution in [-0.4, -0.2) is 43.7 Å². The third-order valence-corrected chi connectivity index (χ3v) is 7.28. The van der Waals surface area contributed by atoms with Gasteiger partial charge in [0.2, 0.25) is 15.9 Å². The Morgan fingerprint density at radius 3 is 2.67 bits per heavy atom. The van der Waals surface area contributed by atoms with Crippen LogP contribution in [-0.2, 0) is 14.8 Å². The van der Waals surface area contributed by atoms with Gasteiger partial charge in [-0.25, -0.2) is 12.7 Å². The van der Waals surface area contributed by atoms with Crippen molar-refractivity contribution in [3.8, 4) is 0 Å². The quantitative estimate of drug-likeness (QED) is 0.864. The monoisotopic (exact) mass is 388 g/mol. The largest absolute Gasteiger partial charge is 0.349 e. The number of sulfonamides is 1. The lowest BCUT2D eigenvalue weighted by atomic mass is 9.95. The van der Waals surface area contributed by atoms with Crippen LogP contribution in [0.25, 0.3) is 0 Å². The van der Waals surface area contributed by atoms with Crippen LogP contribution in [0.15, 0.2) is 23.1 Å². The highest BCUT2D eigenvalue weighted by molar-refractivity contribution is 7.99. The lowest BCUT2D eigenvalue weighted by Crippen LogP contribution is -2.43. The molecule has 2 aliphatic heterocycles. The summed E-state index contributed by atoms with van der Waals surface area (Å²) < 4.78 is 24.6. The van der Waals surface area contributed by atoms with Crippen molar-refractivity contribution in [2.45, 2.75) is 30.2 Å². The minimum Gasteiger partial charge on any atom is -0.349 e. The number of nitrogens with zero attached hydrogens (tertiary/aromatic N) is 1. The van der Waals surface area contributed by atoms with Crippen molar-refractivity contribution in [1.82, 2.24) is 9.62 Å². The highest BCUT2D eigenvalue weighted by Crippen LogP contribution is 2.37. The lowest BCUT2D eigenvalue weighted by Gasteiger charge is -2.32. The summed E-state index contributed by atoms with van der Waals surface area (Å²) in [7, 11) is -3.16. The number of carbonyl (C=O) groups is 1. The van der Waals surface area contributed by atoms with Crippen LogP contribution in [0.3, 0.4) is 0 Å². The molecule has 0 spiro atoms. The number of hydrogen-bond donors (Lipinski definition) is 1. The average Bonchev–Trinajstić information content (AvgIpc) is 2.54. The maximum Gasteiger partial charge on any atom is 0.223 e. The fourth-order valence-corrected chi connectivity index (χ4v) is 5.41. The number of nitrogens with one attached hydrogen (secondary N) is 1. The lowest BCUT2D eigenvalue weighted by molar-refractivity contribution is -0.126. The second-order valence-electron chi connectivity index (χ2n) is 6.32. The molecule has 132 valence electrons. The van der Waals surface area contributed by atoms with Crippen molar-refractivity contribution in [3.63, 3.8) is 0 Å². The van der Waals surface area contributed by atoms with Gasteiger partial charge in [0, 0.05) is 34.7 Å². The molecule has 3 rings (SSSR count). The highest BCUT2D eigenvalue weighted by atomic mass is 35.5. The van der Waals surface area contributed by atoms with Crippen LogP contribution in [0.5, 0.6) is 0 Å². The van der Waals surface area contributed by atoms with Gasteiger partial charge < -0.3 is 5.32 Å². The summed E-state index contributed by atoms with van der Waals surface area (Å²) >= 11 is 7.89. The van der Waals surface area contributed by atoms with Crippen LogP contribution >= 0.6 is 23.4 Å². The van der Waals surface area contributed by atoms with Crippen LogP contribution in [0.1, 0.15) is 30.9 Å². The van der Waals surface area contributed by atoms with Crippen molar-refractivity contribution in [1.29, 1.82) is 0 Å². The summed E-state index contributed by atoms with van der Waals surface area (Å²) in [6, 6.07) is 5.80. The average molecular weight is 389 g/mol. The van der Waals surface area contributed by atoms with Crippen molar-refractivity contribution in [2.75, 3.05) is 25.1 Å². The zero-order chi connectivity index (χ0) is 17.3. The van der Waals surface area contributed by atoms with E-state index < -0.39 is 10.0 Å². The smallest absolute Gasteiger partial charge is 0.223 e. The Balaban J connectivity index is 1.64. The summed E-state index contributed by atoms with van der Waals surface area (Å²) in [5, 5.41) is 3.82. The third-order valence-electron chi connectivity index (χ3n) is 4.62. The molecule has 24 heavy (non-hydrogen) atoms. The second-order valence-corrected chi connectivity index (χ2v) is 9.87. The molecule has 0 radical (unpaired) electrons. The fourth-order valence-electron chi connectivity index (χ4n) is 3.25. The predicted molar refractivity (Wildman–Crippen MR) is 96.8 cm³/mol. The number of amides is 1. The number of thioether (sulfide) groups is 1.